The summed E-state index contributed by atoms with van der Waals surface area (Å²) >= 11 is 13.1. The molecule has 18 heavy (non-hydrogen) atoms. The summed E-state index contributed by atoms with van der Waals surface area (Å²) in [6.07, 6.45) is 3.68. The molecule has 1 saturated carbocycles. The van der Waals surface area contributed by atoms with E-state index in [1.807, 2.05) is 0 Å². The second-order valence-corrected chi connectivity index (χ2v) is 7.13. The fourth-order valence-corrected chi connectivity index (χ4v) is 3.53. The molecule has 0 aromatic carbocycles. The molecule has 0 bridgehead atoms. The van der Waals surface area contributed by atoms with E-state index in [1.165, 1.54) is 24.2 Å². The van der Waals surface area contributed by atoms with Crippen LogP contribution in [0.25, 0.3) is 0 Å². The van der Waals surface area contributed by atoms with E-state index >= 15 is 0 Å². The molecule has 1 aromatic rings. The van der Waals surface area contributed by atoms with Gasteiger partial charge in [0.05, 0.1) is 16.4 Å². The van der Waals surface area contributed by atoms with Crippen LogP contribution >= 0.6 is 34.5 Å². The second-order valence-electron chi connectivity index (χ2n) is 4.84. The lowest BCUT2D eigenvalue weighted by atomic mass is 10.2. The Morgan fingerprint density at radius 2 is 2.22 bits per heavy atom. The minimum absolute atomic E-state index is 0.0808. The summed E-state index contributed by atoms with van der Waals surface area (Å²) in [4.78, 5) is 14.4. The average Bonchev–Trinajstić information content (AvgIpc) is 3.03. The summed E-state index contributed by atoms with van der Waals surface area (Å²) in [5, 5.41) is 0. The van der Waals surface area contributed by atoms with E-state index in [0.717, 1.165) is 25.4 Å². The highest BCUT2D eigenvalue weighted by molar-refractivity contribution is 7.20. The molecule has 5 heteroatoms. The molecular formula is C13H17Cl2NOS. The third kappa shape index (κ3) is 3.95. The Hall–Kier alpha value is -0.0900. The fraction of sp³-hybridized carbons (Fsp3) is 0.615. The van der Waals surface area contributed by atoms with E-state index < -0.39 is 0 Å². The Kier molecular flexibility index (Phi) is 5.07. The molecule has 0 aliphatic heterocycles. The lowest BCUT2D eigenvalue weighted by Gasteiger charge is -2.20. The van der Waals surface area contributed by atoms with Crippen LogP contribution in [0.4, 0.5) is 0 Å². The number of carbonyl (C=O) groups is 1. The minimum Gasteiger partial charge on any atom is -0.296 e. The van der Waals surface area contributed by atoms with Gasteiger partial charge in [-0.05, 0) is 37.8 Å². The van der Waals surface area contributed by atoms with Crippen molar-refractivity contribution < 1.29 is 4.79 Å². The molecule has 1 aliphatic rings. The zero-order valence-electron chi connectivity index (χ0n) is 10.4. The molecular weight excluding hydrogens is 289 g/mol. The fourth-order valence-electron chi connectivity index (χ4n) is 2.04. The van der Waals surface area contributed by atoms with E-state index in [2.05, 4.69) is 11.8 Å². The first-order valence-electron chi connectivity index (χ1n) is 6.30. The smallest absolute Gasteiger partial charge is 0.179 e. The van der Waals surface area contributed by atoms with E-state index in [1.54, 1.807) is 6.07 Å². The average molecular weight is 306 g/mol. The SMILES string of the molecule is CCCN(CC(=O)c1cc(Cl)sc1Cl)CC1CC1. The summed E-state index contributed by atoms with van der Waals surface area (Å²) in [7, 11) is 0. The van der Waals surface area contributed by atoms with Crippen molar-refractivity contribution in [3.05, 3.63) is 20.3 Å². The van der Waals surface area contributed by atoms with Crippen LogP contribution in [0.5, 0.6) is 0 Å². The molecule has 2 rings (SSSR count). The molecule has 1 aromatic heterocycles. The first kappa shape index (κ1) is 14.3. The normalized spacial score (nSPS) is 15.3. The van der Waals surface area contributed by atoms with Gasteiger partial charge in [-0.25, -0.2) is 0 Å². The number of Topliss-reactive ketones (excluding diaryl/α,β-unsaturated/α-hetero) is 1. The first-order chi connectivity index (χ1) is 8.60. The van der Waals surface area contributed by atoms with Crippen LogP contribution in [-0.4, -0.2) is 30.3 Å². The molecule has 0 N–H and O–H groups in total. The number of hydrogen-bond acceptors (Lipinski definition) is 3. The van der Waals surface area contributed by atoms with Gasteiger partial charge in [-0.3, -0.25) is 9.69 Å². The molecule has 0 saturated heterocycles. The van der Waals surface area contributed by atoms with E-state index in [0.29, 0.717) is 20.8 Å². The monoisotopic (exact) mass is 305 g/mol. The summed E-state index contributed by atoms with van der Waals surface area (Å²) in [6, 6.07) is 1.68. The van der Waals surface area contributed by atoms with E-state index in [-0.39, 0.29) is 5.78 Å². The zero-order valence-corrected chi connectivity index (χ0v) is 12.7. The van der Waals surface area contributed by atoms with Gasteiger partial charge in [-0.1, -0.05) is 30.1 Å². The number of carbonyl (C=O) groups excluding carboxylic acids is 1. The van der Waals surface area contributed by atoms with E-state index in [4.69, 9.17) is 23.2 Å². The molecule has 0 spiro atoms. The van der Waals surface area contributed by atoms with Gasteiger partial charge in [0.1, 0.15) is 4.34 Å². The highest BCUT2D eigenvalue weighted by atomic mass is 35.5. The predicted molar refractivity (Wildman–Crippen MR) is 78.1 cm³/mol. The van der Waals surface area contributed by atoms with E-state index in [9.17, 15) is 4.79 Å². The van der Waals surface area contributed by atoms with Gasteiger partial charge in [-0.15, -0.1) is 11.3 Å². The number of rotatable bonds is 7. The summed E-state index contributed by atoms with van der Waals surface area (Å²) in [6.45, 7) is 4.60. The number of hydrogen-bond donors (Lipinski definition) is 0. The molecule has 0 atom stereocenters. The summed E-state index contributed by atoms with van der Waals surface area (Å²) in [5.41, 5.74) is 0.573. The van der Waals surface area contributed by atoms with Gasteiger partial charge in [0.15, 0.2) is 5.78 Å². The van der Waals surface area contributed by atoms with Gasteiger partial charge in [0.2, 0.25) is 0 Å². The maximum Gasteiger partial charge on any atom is 0.179 e. The Balaban J connectivity index is 1.96. The minimum atomic E-state index is 0.0808. The van der Waals surface area contributed by atoms with Crippen molar-refractivity contribution in [1.29, 1.82) is 0 Å². The van der Waals surface area contributed by atoms with Crippen LogP contribution in [0.3, 0.4) is 0 Å². The molecule has 1 heterocycles. The summed E-state index contributed by atoms with van der Waals surface area (Å²) < 4.78 is 1.08. The molecule has 0 radical (unpaired) electrons. The lowest BCUT2D eigenvalue weighted by molar-refractivity contribution is 0.0928. The molecule has 2 nitrogen and oxygen atoms in total. The number of thiophene rings is 1. The van der Waals surface area contributed by atoms with Gasteiger partial charge in [0.25, 0.3) is 0 Å². The molecule has 1 aliphatic carbocycles. The lowest BCUT2D eigenvalue weighted by Crippen LogP contribution is -2.32. The molecule has 100 valence electrons. The second kappa shape index (κ2) is 6.38. The largest absolute Gasteiger partial charge is 0.296 e. The highest BCUT2D eigenvalue weighted by Gasteiger charge is 2.25. The van der Waals surface area contributed by atoms with Crippen LogP contribution in [0.15, 0.2) is 6.07 Å². The maximum absolute atomic E-state index is 12.2. The first-order valence-corrected chi connectivity index (χ1v) is 7.87. The van der Waals surface area contributed by atoms with Crippen molar-refractivity contribution in [2.24, 2.45) is 5.92 Å². The van der Waals surface area contributed by atoms with Crippen molar-refractivity contribution in [2.75, 3.05) is 19.6 Å². The zero-order chi connectivity index (χ0) is 13.1. The Morgan fingerprint density at radius 3 is 2.72 bits per heavy atom. The quantitative estimate of drug-likeness (QED) is 0.698. The van der Waals surface area contributed by atoms with Crippen molar-refractivity contribution in [3.8, 4) is 0 Å². The number of ketones is 1. The topological polar surface area (TPSA) is 20.3 Å². The highest BCUT2D eigenvalue weighted by Crippen LogP contribution is 2.32. The van der Waals surface area contributed by atoms with Gasteiger partial charge < -0.3 is 0 Å². The number of halogens is 2. The molecule has 0 unspecified atom stereocenters. The predicted octanol–water partition coefficient (Wildman–Crippen LogP) is 4.36. The molecule has 1 fully saturated rings. The Labute approximate surface area is 122 Å². The standard InChI is InChI=1S/C13H17Cl2NOS/c1-2-5-16(7-9-3-4-9)8-11(17)10-6-12(14)18-13(10)15/h6,9H,2-5,7-8H2,1H3. The van der Waals surface area contributed by atoms with Crippen molar-refractivity contribution in [2.45, 2.75) is 26.2 Å². The van der Waals surface area contributed by atoms with Crippen LogP contribution in [-0.2, 0) is 0 Å². The van der Waals surface area contributed by atoms with Crippen molar-refractivity contribution in [3.63, 3.8) is 0 Å². The van der Waals surface area contributed by atoms with Crippen LogP contribution in [0.1, 0.15) is 36.5 Å². The Morgan fingerprint density at radius 1 is 1.50 bits per heavy atom. The van der Waals surface area contributed by atoms with Crippen LogP contribution in [0.2, 0.25) is 8.67 Å². The van der Waals surface area contributed by atoms with Crippen molar-refractivity contribution in [1.82, 2.24) is 4.90 Å². The van der Waals surface area contributed by atoms with Gasteiger partial charge in [0, 0.05) is 6.54 Å². The summed E-state index contributed by atoms with van der Waals surface area (Å²) in [5.74, 6) is 0.878. The Bertz CT molecular complexity index is 429. The third-order valence-corrected chi connectivity index (χ3v) is 4.57. The third-order valence-electron chi connectivity index (χ3n) is 3.08. The maximum atomic E-state index is 12.2. The number of nitrogens with zero attached hydrogens (tertiary/aromatic N) is 1. The van der Waals surface area contributed by atoms with Crippen molar-refractivity contribution >= 4 is 40.3 Å². The van der Waals surface area contributed by atoms with Crippen LogP contribution in [0, 0.1) is 5.92 Å². The molecule has 0 amide bonds. The van der Waals surface area contributed by atoms with Gasteiger partial charge in [-0.2, -0.15) is 0 Å². The van der Waals surface area contributed by atoms with Gasteiger partial charge >= 0.3 is 0 Å². The van der Waals surface area contributed by atoms with Crippen LogP contribution < -0.4 is 0 Å².